The summed E-state index contributed by atoms with van der Waals surface area (Å²) >= 11 is 0. The van der Waals surface area contributed by atoms with Gasteiger partial charge in [-0.05, 0) is 30.9 Å². The molecular formula is C13H20N2O2S. The highest BCUT2D eigenvalue weighted by Gasteiger charge is 2.16. The minimum absolute atomic E-state index is 0.188. The van der Waals surface area contributed by atoms with E-state index in [1.807, 2.05) is 25.1 Å². The predicted molar refractivity (Wildman–Crippen MR) is 75.6 cm³/mol. The summed E-state index contributed by atoms with van der Waals surface area (Å²) < 4.78 is 26.5. The van der Waals surface area contributed by atoms with Gasteiger partial charge in [0.15, 0.2) is 0 Å². The second kappa shape index (κ2) is 5.61. The summed E-state index contributed by atoms with van der Waals surface area (Å²) in [6.07, 6.45) is 3.68. The Hall–Kier alpha value is -1.23. The van der Waals surface area contributed by atoms with Gasteiger partial charge in [-0.2, -0.15) is 0 Å². The maximum Gasteiger partial charge on any atom is 0.232 e. The van der Waals surface area contributed by atoms with E-state index < -0.39 is 10.0 Å². The normalized spacial score (nSPS) is 14.7. The Morgan fingerprint density at radius 2 is 2.22 bits per heavy atom. The van der Waals surface area contributed by atoms with E-state index in [4.69, 9.17) is 0 Å². The number of hydrogen-bond acceptors (Lipinski definition) is 3. The van der Waals surface area contributed by atoms with E-state index in [0.717, 1.165) is 31.5 Å². The van der Waals surface area contributed by atoms with Crippen LogP contribution in [0.1, 0.15) is 31.7 Å². The van der Waals surface area contributed by atoms with E-state index in [-0.39, 0.29) is 5.75 Å². The lowest BCUT2D eigenvalue weighted by Crippen LogP contribution is -2.20. The van der Waals surface area contributed by atoms with Crippen molar-refractivity contribution in [3.05, 3.63) is 23.8 Å². The zero-order chi connectivity index (χ0) is 13.0. The number of rotatable bonds is 5. The SMILES string of the molecule is CCCCS(=O)(=O)Nc1cccc2c1NCCC2. The van der Waals surface area contributed by atoms with Gasteiger partial charge >= 0.3 is 0 Å². The van der Waals surface area contributed by atoms with Crippen LogP contribution in [0, 0.1) is 0 Å². The lowest BCUT2D eigenvalue weighted by molar-refractivity contribution is 0.598. The van der Waals surface area contributed by atoms with Gasteiger partial charge in [0.25, 0.3) is 0 Å². The van der Waals surface area contributed by atoms with Gasteiger partial charge in [-0.3, -0.25) is 4.72 Å². The standard InChI is InChI=1S/C13H20N2O2S/c1-2-3-10-18(16,17)15-12-8-4-6-11-7-5-9-14-13(11)12/h4,6,8,14-15H,2-3,5,7,9-10H2,1H3. The Balaban J connectivity index is 2.19. The van der Waals surface area contributed by atoms with Crippen molar-refractivity contribution in [2.24, 2.45) is 0 Å². The smallest absolute Gasteiger partial charge is 0.232 e. The van der Waals surface area contributed by atoms with E-state index in [9.17, 15) is 8.42 Å². The Morgan fingerprint density at radius 1 is 1.39 bits per heavy atom. The number of unbranched alkanes of at least 4 members (excludes halogenated alkanes) is 1. The number of aryl methyl sites for hydroxylation is 1. The molecule has 1 aromatic rings. The molecule has 0 fully saturated rings. The monoisotopic (exact) mass is 268 g/mol. The Kier molecular flexibility index (Phi) is 4.11. The highest BCUT2D eigenvalue weighted by molar-refractivity contribution is 7.92. The molecule has 0 amide bonds. The van der Waals surface area contributed by atoms with Crippen LogP contribution in [0.4, 0.5) is 11.4 Å². The summed E-state index contributed by atoms with van der Waals surface area (Å²) in [5.74, 6) is 0.188. The third-order valence-electron chi connectivity index (χ3n) is 3.11. The number of fused-ring (bicyclic) bond motifs is 1. The van der Waals surface area contributed by atoms with E-state index in [0.29, 0.717) is 12.1 Å². The summed E-state index contributed by atoms with van der Waals surface area (Å²) in [7, 11) is -3.22. The van der Waals surface area contributed by atoms with Crippen LogP contribution in [0.3, 0.4) is 0 Å². The molecule has 0 spiro atoms. The van der Waals surface area contributed by atoms with Crippen LogP contribution in [0.15, 0.2) is 18.2 Å². The van der Waals surface area contributed by atoms with E-state index in [1.54, 1.807) is 0 Å². The fraction of sp³-hybridized carbons (Fsp3) is 0.538. The fourth-order valence-electron chi connectivity index (χ4n) is 2.15. The van der Waals surface area contributed by atoms with Gasteiger partial charge in [-0.25, -0.2) is 8.42 Å². The van der Waals surface area contributed by atoms with Crippen LogP contribution in [0.25, 0.3) is 0 Å². The van der Waals surface area contributed by atoms with Gasteiger partial charge in [0.2, 0.25) is 10.0 Å². The first-order valence-corrected chi connectivity index (χ1v) is 8.14. The summed E-state index contributed by atoms with van der Waals surface area (Å²) in [6, 6.07) is 5.77. The van der Waals surface area contributed by atoms with Crippen LogP contribution in [0.2, 0.25) is 0 Å². The van der Waals surface area contributed by atoms with Crippen molar-refractivity contribution in [2.45, 2.75) is 32.6 Å². The molecule has 0 aliphatic carbocycles. The van der Waals surface area contributed by atoms with Crippen LogP contribution >= 0.6 is 0 Å². The number of anilines is 2. The van der Waals surface area contributed by atoms with Crippen molar-refractivity contribution in [1.82, 2.24) is 0 Å². The first-order chi connectivity index (χ1) is 8.62. The highest BCUT2D eigenvalue weighted by Crippen LogP contribution is 2.30. The molecule has 1 aliphatic heterocycles. The molecule has 0 atom stereocenters. The van der Waals surface area contributed by atoms with Gasteiger partial charge in [0.05, 0.1) is 17.1 Å². The van der Waals surface area contributed by atoms with Crippen LogP contribution in [-0.4, -0.2) is 20.7 Å². The lowest BCUT2D eigenvalue weighted by atomic mass is 10.0. The maximum atomic E-state index is 11.9. The number of hydrogen-bond donors (Lipinski definition) is 2. The van der Waals surface area contributed by atoms with Gasteiger partial charge in [-0.15, -0.1) is 0 Å². The molecule has 0 unspecified atom stereocenters. The van der Waals surface area contributed by atoms with Crippen molar-refractivity contribution in [3.8, 4) is 0 Å². The summed E-state index contributed by atoms with van der Waals surface area (Å²) in [5.41, 5.74) is 2.82. The van der Waals surface area contributed by atoms with Gasteiger partial charge in [0, 0.05) is 6.54 Å². The molecule has 0 radical (unpaired) electrons. The first-order valence-electron chi connectivity index (χ1n) is 6.48. The molecule has 2 N–H and O–H groups in total. The van der Waals surface area contributed by atoms with Gasteiger partial charge in [0.1, 0.15) is 0 Å². The molecule has 1 heterocycles. The number of para-hydroxylation sites is 1. The first kappa shape index (κ1) is 13.2. The molecule has 0 aromatic heterocycles. The van der Waals surface area contributed by atoms with Crippen molar-refractivity contribution in [3.63, 3.8) is 0 Å². The highest BCUT2D eigenvalue weighted by atomic mass is 32.2. The molecule has 18 heavy (non-hydrogen) atoms. The van der Waals surface area contributed by atoms with Crippen molar-refractivity contribution in [1.29, 1.82) is 0 Å². The van der Waals surface area contributed by atoms with Gasteiger partial charge in [-0.1, -0.05) is 25.5 Å². The molecule has 1 aromatic carbocycles. The van der Waals surface area contributed by atoms with Crippen LogP contribution < -0.4 is 10.0 Å². The summed E-state index contributed by atoms with van der Waals surface area (Å²) in [6.45, 7) is 2.89. The summed E-state index contributed by atoms with van der Waals surface area (Å²) in [4.78, 5) is 0. The molecule has 0 saturated heterocycles. The van der Waals surface area contributed by atoms with E-state index in [1.165, 1.54) is 5.56 Å². The number of nitrogens with one attached hydrogen (secondary N) is 2. The zero-order valence-corrected chi connectivity index (χ0v) is 11.5. The zero-order valence-electron chi connectivity index (χ0n) is 10.7. The third kappa shape index (κ3) is 3.16. The van der Waals surface area contributed by atoms with Crippen molar-refractivity contribution < 1.29 is 8.42 Å². The van der Waals surface area contributed by atoms with Gasteiger partial charge < -0.3 is 5.32 Å². The minimum Gasteiger partial charge on any atom is -0.383 e. The average molecular weight is 268 g/mol. The number of sulfonamides is 1. The molecule has 2 rings (SSSR count). The Bertz CT molecular complexity index is 512. The minimum atomic E-state index is -3.22. The molecule has 4 nitrogen and oxygen atoms in total. The number of benzene rings is 1. The maximum absolute atomic E-state index is 11.9. The largest absolute Gasteiger partial charge is 0.383 e. The molecule has 1 aliphatic rings. The summed E-state index contributed by atoms with van der Waals surface area (Å²) in [5, 5.41) is 3.28. The quantitative estimate of drug-likeness (QED) is 0.863. The molecular weight excluding hydrogens is 248 g/mol. The van der Waals surface area contributed by atoms with Crippen LogP contribution in [0.5, 0.6) is 0 Å². The van der Waals surface area contributed by atoms with Crippen molar-refractivity contribution >= 4 is 21.4 Å². The lowest BCUT2D eigenvalue weighted by Gasteiger charge is -2.21. The second-order valence-corrected chi connectivity index (χ2v) is 6.49. The average Bonchev–Trinajstić information content (AvgIpc) is 2.37. The molecule has 100 valence electrons. The van der Waals surface area contributed by atoms with Crippen molar-refractivity contribution in [2.75, 3.05) is 22.3 Å². The molecule has 5 heteroatoms. The van der Waals surface area contributed by atoms with E-state index >= 15 is 0 Å². The predicted octanol–water partition coefficient (Wildman–Crippen LogP) is 2.59. The topological polar surface area (TPSA) is 58.2 Å². The Labute approximate surface area is 109 Å². The van der Waals surface area contributed by atoms with Crippen LogP contribution in [-0.2, 0) is 16.4 Å². The molecule has 0 saturated carbocycles. The third-order valence-corrected chi connectivity index (χ3v) is 4.46. The fourth-order valence-corrected chi connectivity index (χ4v) is 3.42. The van der Waals surface area contributed by atoms with E-state index in [2.05, 4.69) is 10.0 Å². The second-order valence-electron chi connectivity index (χ2n) is 4.64. The molecule has 0 bridgehead atoms. The Morgan fingerprint density at radius 3 is 3.00 bits per heavy atom.